The fourth-order valence-electron chi connectivity index (χ4n) is 3.38. The number of aryl methyl sites for hydroxylation is 1. The Morgan fingerprint density at radius 2 is 1.81 bits per heavy atom. The molecule has 0 saturated carbocycles. The van der Waals surface area contributed by atoms with Gasteiger partial charge in [0.2, 0.25) is 5.91 Å². The number of anilines is 1. The SMILES string of the molecule is COc1cccc(N2CCN(C(C)C(=O)NCc3ccc(C)cc3)CC2)c1. The van der Waals surface area contributed by atoms with E-state index in [4.69, 9.17) is 4.74 Å². The molecule has 0 radical (unpaired) electrons. The standard InChI is InChI=1S/C22H29N3O2/c1-17-7-9-19(10-8-17)16-23-22(26)18(2)24-11-13-25(14-12-24)20-5-4-6-21(15-20)27-3/h4-10,15,18H,11-14,16H2,1-3H3,(H,23,26). The second-order valence-corrected chi connectivity index (χ2v) is 7.10. The number of nitrogens with zero attached hydrogens (tertiary/aromatic N) is 2. The number of hydrogen-bond acceptors (Lipinski definition) is 4. The molecule has 1 saturated heterocycles. The second kappa shape index (κ2) is 8.91. The van der Waals surface area contributed by atoms with Crippen LogP contribution in [0.4, 0.5) is 5.69 Å². The van der Waals surface area contributed by atoms with Gasteiger partial charge in [0, 0.05) is 44.5 Å². The number of hydrogen-bond donors (Lipinski definition) is 1. The summed E-state index contributed by atoms with van der Waals surface area (Å²) in [4.78, 5) is 17.1. The third kappa shape index (κ3) is 5.01. The van der Waals surface area contributed by atoms with Gasteiger partial charge in [-0.2, -0.15) is 0 Å². The van der Waals surface area contributed by atoms with Crippen LogP contribution in [0.2, 0.25) is 0 Å². The molecule has 2 aromatic carbocycles. The Kier molecular flexibility index (Phi) is 6.35. The summed E-state index contributed by atoms with van der Waals surface area (Å²) in [7, 11) is 1.69. The zero-order chi connectivity index (χ0) is 19.2. The van der Waals surface area contributed by atoms with Crippen molar-refractivity contribution in [1.29, 1.82) is 0 Å². The molecule has 5 heteroatoms. The van der Waals surface area contributed by atoms with Crippen LogP contribution in [0.3, 0.4) is 0 Å². The van der Waals surface area contributed by atoms with Crippen LogP contribution in [0.25, 0.3) is 0 Å². The molecule has 1 N–H and O–H groups in total. The highest BCUT2D eigenvalue weighted by Crippen LogP contribution is 2.22. The third-order valence-electron chi connectivity index (χ3n) is 5.25. The summed E-state index contributed by atoms with van der Waals surface area (Å²) >= 11 is 0. The average Bonchev–Trinajstić information content (AvgIpc) is 2.72. The topological polar surface area (TPSA) is 44.8 Å². The van der Waals surface area contributed by atoms with Crippen LogP contribution in [0.15, 0.2) is 48.5 Å². The molecule has 1 unspecified atom stereocenters. The highest BCUT2D eigenvalue weighted by atomic mass is 16.5. The molecule has 1 amide bonds. The number of carbonyl (C=O) groups excluding carboxylic acids is 1. The number of methoxy groups -OCH3 is 1. The summed E-state index contributed by atoms with van der Waals surface area (Å²) < 4.78 is 5.32. The van der Waals surface area contributed by atoms with E-state index in [2.05, 4.69) is 58.4 Å². The van der Waals surface area contributed by atoms with E-state index in [1.165, 1.54) is 11.3 Å². The van der Waals surface area contributed by atoms with E-state index in [1.54, 1.807) is 7.11 Å². The molecule has 2 aromatic rings. The molecule has 5 nitrogen and oxygen atoms in total. The molecule has 27 heavy (non-hydrogen) atoms. The first-order valence-electron chi connectivity index (χ1n) is 9.53. The Morgan fingerprint density at radius 1 is 1.11 bits per heavy atom. The smallest absolute Gasteiger partial charge is 0.237 e. The average molecular weight is 367 g/mol. The lowest BCUT2D eigenvalue weighted by atomic mass is 10.1. The molecule has 1 fully saturated rings. The molecule has 1 heterocycles. The number of rotatable bonds is 6. The van der Waals surface area contributed by atoms with Gasteiger partial charge in [0.1, 0.15) is 5.75 Å². The van der Waals surface area contributed by atoms with E-state index in [0.717, 1.165) is 37.5 Å². The Hall–Kier alpha value is -2.53. The van der Waals surface area contributed by atoms with Gasteiger partial charge in [0.25, 0.3) is 0 Å². The summed E-state index contributed by atoms with van der Waals surface area (Å²) in [6, 6.07) is 16.3. The van der Waals surface area contributed by atoms with Crippen molar-refractivity contribution in [1.82, 2.24) is 10.2 Å². The van der Waals surface area contributed by atoms with Crippen molar-refractivity contribution in [3.63, 3.8) is 0 Å². The highest BCUT2D eigenvalue weighted by Gasteiger charge is 2.25. The van der Waals surface area contributed by atoms with E-state index >= 15 is 0 Å². The van der Waals surface area contributed by atoms with Crippen LogP contribution in [-0.2, 0) is 11.3 Å². The lowest BCUT2D eigenvalue weighted by Crippen LogP contribution is -2.53. The molecule has 0 aromatic heterocycles. The lowest BCUT2D eigenvalue weighted by molar-refractivity contribution is -0.126. The Morgan fingerprint density at radius 3 is 2.48 bits per heavy atom. The summed E-state index contributed by atoms with van der Waals surface area (Å²) in [5, 5.41) is 3.06. The normalized spacial score (nSPS) is 16.0. The first kappa shape index (κ1) is 19.2. The van der Waals surface area contributed by atoms with Crippen molar-refractivity contribution in [3.8, 4) is 5.75 Å². The summed E-state index contributed by atoms with van der Waals surface area (Å²) in [5.74, 6) is 0.962. The van der Waals surface area contributed by atoms with E-state index < -0.39 is 0 Å². The van der Waals surface area contributed by atoms with E-state index in [9.17, 15) is 4.79 Å². The van der Waals surface area contributed by atoms with Gasteiger partial charge in [0.05, 0.1) is 13.2 Å². The fraction of sp³-hybridized carbons (Fsp3) is 0.409. The van der Waals surface area contributed by atoms with Gasteiger partial charge in [-0.25, -0.2) is 0 Å². The molecule has 1 atom stereocenters. The maximum atomic E-state index is 12.5. The van der Waals surface area contributed by atoms with Crippen molar-refractivity contribution < 1.29 is 9.53 Å². The largest absolute Gasteiger partial charge is 0.497 e. The van der Waals surface area contributed by atoms with Crippen molar-refractivity contribution in [2.45, 2.75) is 26.4 Å². The molecule has 3 rings (SSSR count). The van der Waals surface area contributed by atoms with Crippen LogP contribution in [0.5, 0.6) is 5.75 Å². The van der Waals surface area contributed by atoms with Gasteiger partial charge in [-0.1, -0.05) is 35.9 Å². The molecule has 0 spiro atoms. The number of carbonyl (C=O) groups is 1. The number of amides is 1. The molecule has 1 aliphatic heterocycles. The predicted molar refractivity (Wildman–Crippen MR) is 109 cm³/mol. The van der Waals surface area contributed by atoms with Gasteiger partial charge in [-0.05, 0) is 31.5 Å². The van der Waals surface area contributed by atoms with E-state index in [0.29, 0.717) is 6.54 Å². The maximum Gasteiger partial charge on any atom is 0.237 e. The summed E-state index contributed by atoms with van der Waals surface area (Å²) in [6.07, 6.45) is 0. The third-order valence-corrected chi connectivity index (χ3v) is 5.25. The Balaban J connectivity index is 1.49. The Labute approximate surface area is 161 Å². The summed E-state index contributed by atoms with van der Waals surface area (Å²) in [6.45, 7) is 8.19. The van der Waals surface area contributed by atoms with Crippen LogP contribution in [0.1, 0.15) is 18.1 Å². The number of piperazine rings is 1. The minimum Gasteiger partial charge on any atom is -0.497 e. The minimum absolute atomic E-state index is 0.0883. The van der Waals surface area contributed by atoms with Crippen LogP contribution in [-0.4, -0.2) is 50.1 Å². The van der Waals surface area contributed by atoms with Crippen molar-refractivity contribution in [2.24, 2.45) is 0 Å². The van der Waals surface area contributed by atoms with Gasteiger partial charge in [-0.15, -0.1) is 0 Å². The zero-order valence-electron chi connectivity index (χ0n) is 16.4. The molecular formula is C22H29N3O2. The second-order valence-electron chi connectivity index (χ2n) is 7.10. The predicted octanol–water partition coefficient (Wildman–Crippen LogP) is 2.83. The number of nitrogens with one attached hydrogen (secondary N) is 1. The maximum absolute atomic E-state index is 12.5. The Bertz CT molecular complexity index is 752. The van der Waals surface area contributed by atoms with Gasteiger partial charge in [0.15, 0.2) is 0 Å². The quantitative estimate of drug-likeness (QED) is 0.853. The summed E-state index contributed by atoms with van der Waals surface area (Å²) in [5.41, 5.74) is 3.53. The molecular weight excluding hydrogens is 338 g/mol. The van der Waals surface area contributed by atoms with Gasteiger partial charge in [-0.3, -0.25) is 9.69 Å². The highest BCUT2D eigenvalue weighted by molar-refractivity contribution is 5.81. The minimum atomic E-state index is -0.122. The van der Waals surface area contributed by atoms with Crippen molar-refractivity contribution >= 4 is 11.6 Å². The van der Waals surface area contributed by atoms with Crippen molar-refractivity contribution in [3.05, 3.63) is 59.7 Å². The first-order chi connectivity index (χ1) is 13.1. The zero-order valence-corrected chi connectivity index (χ0v) is 16.4. The fourth-order valence-corrected chi connectivity index (χ4v) is 3.38. The molecule has 0 aliphatic carbocycles. The van der Waals surface area contributed by atoms with Gasteiger partial charge < -0.3 is 15.0 Å². The lowest BCUT2D eigenvalue weighted by Gasteiger charge is -2.38. The van der Waals surface area contributed by atoms with Crippen LogP contribution >= 0.6 is 0 Å². The molecule has 144 valence electrons. The van der Waals surface area contributed by atoms with E-state index in [1.807, 2.05) is 19.1 Å². The van der Waals surface area contributed by atoms with Crippen LogP contribution in [0, 0.1) is 6.92 Å². The first-order valence-corrected chi connectivity index (χ1v) is 9.53. The monoisotopic (exact) mass is 367 g/mol. The molecule has 0 bridgehead atoms. The number of ether oxygens (including phenoxy) is 1. The van der Waals surface area contributed by atoms with E-state index in [-0.39, 0.29) is 11.9 Å². The van der Waals surface area contributed by atoms with Crippen LogP contribution < -0.4 is 15.0 Å². The number of benzene rings is 2. The molecule has 1 aliphatic rings. The van der Waals surface area contributed by atoms with Crippen molar-refractivity contribution in [2.75, 3.05) is 38.2 Å². The van der Waals surface area contributed by atoms with Gasteiger partial charge >= 0.3 is 0 Å².